The van der Waals surface area contributed by atoms with Gasteiger partial charge in [0.25, 0.3) is 0 Å². The van der Waals surface area contributed by atoms with Gasteiger partial charge >= 0.3 is 0 Å². The molecular weight excluding hydrogens is 348 g/mol. The molecule has 1 aliphatic rings. The van der Waals surface area contributed by atoms with Crippen LogP contribution in [0.1, 0.15) is 57.4 Å². The maximum Gasteiger partial charge on any atom is 0.192 e. The van der Waals surface area contributed by atoms with E-state index in [1.54, 1.807) is 0 Å². The van der Waals surface area contributed by atoms with Crippen LogP contribution in [0.2, 0.25) is 0 Å². The highest BCUT2D eigenvalue weighted by atomic mass is 16.6. The molecule has 6 nitrogen and oxygen atoms in total. The lowest BCUT2D eigenvalue weighted by atomic mass is 9.92. The van der Waals surface area contributed by atoms with E-state index in [1.165, 1.54) is 43.5 Å². The number of hydrogen-bond donors (Lipinski definition) is 4. The molecule has 0 radical (unpaired) electrons. The molecule has 1 aromatic carbocycles. The molecule has 2 rings (SSSR count). The molecule has 0 amide bonds. The number of aromatic hydroxyl groups is 2. The Morgan fingerprint density at radius 1 is 1.15 bits per heavy atom. The van der Waals surface area contributed by atoms with Crippen molar-refractivity contribution in [1.29, 1.82) is 0 Å². The van der Waals surface area contributed by atoms with E-state index in [0.29, 0.717) is 6.61 Å². The second-order valence-corrected chi connectivity index (χ2v) is 6.86. The van der Waals surface area contributed by atoms with E-state index in [2.05, 4.69) is 6.92 Å². The van der Waals surface area contributed by atoms with Crippen molar-refractivity contribution in [2.45, 2.75) is 57.7 Å². The van der Waals surface area contributed by atoms with Crippen molar-refractivity contribution in [3.05, 3.63) is 41.5 Å². The van der Waals surface area contributed by atoms with Gasteiger partial charge < -0.3 is 25.2 Å². The summed E-state index contributed by atoms with van der Waals surface area (Å²) in [5.41, 5.74) is 0.00284. The van der Waals surface area contributed by atoms with Crippen molar-refractivity contribution in [3.63, 3.8) is 0 Å². The van der Waals surface area contributed by atoms with Gasteiger partial charge in [0, 0.05) is 6.07 Å². The minimum absolute atomic E-state index is 0.0242. The smallest absolute Gasteiger partial charge is 0.192 e. The highest BCUT2D eigenvalue weighted by Crippen LogP contribution is 2.33. The second kappa shape index (κ2) is 9.58. The van der Waals surface area contributed by atoms with E-state index < -0.39 is 17.3 Å². The van der Waals surface area contributed by atoms with Gasteiger partial charge in [-0.05, 0) is 30.7 Å². The Morgan fingerprint density at radius 2 is 1.85 bits per heavy atom. The molecule has 0 bridgehead atoms. The van der Waals surface area contributed by atoms with Crippen LogP contribution < -0.4 is 0 Å². The first-order valence-electron chi connectivity index (χ1n) is 9.40. The van der Waals surface area contributed by atoms with Crippen LogP contribution in [-0.4, -0.2) is 38.6 Å². The number of aliphatic hydroxyl groups excluding tert-OH is 1. The molecule has 0 fully saturated rings. The van der Waals surface area contributed by atoms with Crippen LogP contribution in [0.3, 0.4) is 0 Å². The summed E-state index contributed by atoms with van der Waals surface area (Å²) in [6, 6.07) is 3.68. The predicted molar refractivity (Wildman–Crippen MR) is 102 cm³/mol. The minimum atomic E-state index is -1.68. The Balaban J connectivity index is 1.99. The normalized spacial score (nSPS) is 21.5. The summed E-state index contributed by atoms with van der Waals surface area (Å²) in [5, 5.41) is 39.9. The Morgan fingerprint density at radius 3 is 2.52 bits per heavy atom. The number of Topliss-reactive ketones (excluding diaryl/α,β-unsaturated/α-hetero) is 1. The predicted octanol–water partition coefficient (Wildman–Crippen LogP) is 3.96. The fourth-order valence-corrected chi connectivity index (χ4v) is 3.00. The fraction of sp³-hybridized carbons (Fsp3) is 0.476. The quantitative estimate of drug-likeness (QED) is 0.225. The van der Waals surface area contributed by atoms with E-state index in [9.17, 15) is 25.2 Å². The third-order valence-corrected chi connectivity index (χ3v) is 4.57. The number of benzene rings is 1. The molecule has 1 unspecified atom stereocenters. The third kappa shape index (κ3) is 5.84. The standard InChI is InChI=1S/C21H28O6/c1-2-3-4-5-6-7-12-27-21(26)11-10-17(19(24)14-21)20(25)16-9-8-15(22)13-18(16)23/h8-11,13,22-23,25-26H,2-7,12,14H2,1H3. The van der Waals surface area contributed by atoms with Gasteiger partial charge in [-0.3, -0.25) is 4.79 Å². The van der Waals surface area contributed by atoms with E-state index >= 15 is 0 Å². The zero-order valence-electron chi connectivity index (χ0n) is 15.6. The third-order valence-electron chi connectivity index (χ3n) is 4.57. The van der Waals surface area contributed by atoms with Crippen LogP contribution >= 0.6 is 0 Å². The SMILES string of the molecule is CCCCCCCCOC1(O)C=CC(=C(O)c2ccc(O)cc2O)C(=O)C1. The molecule has 27 heavy (non-hydrogen) atoms. The Bertz CT molecular complexity index is 721. The Kier molecular flexibility index (Phi) is 7.45. The molecule has 6 heteroatoms. The number of unbranched alkanes of at least 4 members (excludes halogenated alkanes) is 5. The second-order valence-electron chi connectivity index (χ2n) is 6.86. The van der Waals surface area contributed by atoms with Crippen molar-refractivity contribution >= 4 is 11.5 Å². The number of hydrogen-bond acceptors (Lipinski definition) is 6. The molecule has 1 atom stereocenters. The van der Waals surface area contributed by atoms with Crippen LogP contribution in [0.15, 0.2) is 35.9 Å². The summed E-state index contributed by atoms with van der Waals surface area (Å²) in [7, 11) is 0. The van der Waals surface area contributed by atoms with Crippen LogP contribution in [0.5, 0.6) is 11.5 Å². The minimum Gasteiger partial charge on any atom is -0.508 e. The molecule has 0 aliphatic heterocycles. The molecule has 0 saturated heterocycles. The van der Waals surface area contributed by atoms with Crippen LogP contribution in [-0.2, 0) is 9.53 Å². The van der Waals surface area contributed by atoms with Gasteiger partial charge in [0.1, 0.15) is 17.3 Å². The van der Waals surface area contributed by atoms with Gasteiger partial charge in [0.05, 0.1) is 24.2 Å². The zero-order chi connectivity index (χ0) is 19.9. The van der Waals surface area contributed by atoms with E-state index in [1.807, 2.05) is 0 Å². The van der Waals surface area contributed by atoms with Crippen LogP contribution in [0, 0.1) is 0 Å². The molecule has 0 aromatic heterocycles. The summed E-state index contributed by atoms with van der Waals surface area (Å²) in [4.78, 5) is 12.4. The van der Waals surface area contributed by atoms with Crippen molar-refractivity contribution in [2.24, 2.45) is 0 Å². The van der Waals surface area contributed by atoms with Crippen molar-refractivity contribution in [3.8, 4) is 11.5 Å². The highest BCUT2D eigenvalue weighted by molar-refractivity contribution is 6.05. The average molecular weight is 376 g/mol. The molecule has 148 valence electrons. The van der Waals surface area contributed by atoms with E-state index in [0.717, 1.165) is 25.3 Å². The number of allylic oxidation sites excluding steroid dienone is 2. The highest BCUT2D eigenvalue weighted by Gasteiger charge is 2.34. The Hall–Kier alpha value is -2.31. The molecular formula is C21H28O6. The fourth-order valence-electron chi connectivity index (χ4n) is 3.00. The van der Waals surface area contributed by atoms with Crippen molar-refractivity contribution in [1.82, 2.24) is 0 Å². The van der Waals surface area contributed by atoms with Crippen LogP contribution in [0.4, 0.5) is 0 Å². The van der Waals surface area contributed by atoms with E-state index in [-0.39, 0.29) is 29.1 Å². The Labute approximate surface area is 159 Å². The topological polar surface area (TPSA) is 107 Å². The zero-order valence-corrected chi connectivity index (χ0v) is 15.6. The number of aliphatic hydroxyl groups is 2. The summed E-state index contributed by atoms with van der Waals surface area (Å²) in [6.45, 7) is 2.51. The number of carbonyl (C=O) groups is 1. The number of rotatable bonds is 9. The number of carbonyl (C=O) groups excluding carboxylic acids is 1. The first-order valence-corrected chi connectivity index (χ1v) is 9.40. The first-order chi connectivity index (χ1) is 12.9. The van der Waals surface area contributed by atoms with E-state index in [4.69, 9.17) is 4.74 Å². The van der Waals surface area contributed by atoms with Crippen LogP contribution in [0.25, 0.3) is 5.76 Å². The lowest BCUT2D eigenvalue weighted by Crippen LogP contribution is -2.36. The maximum absolute atomic E-state index is 12.4. The summed E-state index contributed by atoms with van der Waals surface area (Å²) >= 11 is 0. The van der Waals surface area contributed by atoms with Crippen molar-refractivity contribution < 1.29 is 30.0 Å². The monoisotopic (exact) mass is 376 g/mol. The number of ketones is 1. The largest absolute Gasteiger partial charge is 0.508 e. The number of ether oxygens (including phenoxy) is 1. The van der Waals surface area contributed by atoms with Gasteiger partial charge in [-0.1, -0.05) is 39.0 Å². The number of phenols is 2. The van der Waals surface area contributed by atoms with Gasteiger partial charge in [0.2, 0.25) is 0 Å². The molecule has 0 spiro atoms. The van der Waals surface area contributed by atoms with Gasteiger partial charge in [-0.15, -0.1) is 0 Å². The summed E-state index contributed by atoms with van der Waals surface area (Å²) in [5.74, 6) is -3.08. The van der Waals surface area contributed by atoms with Gasteiger partial charge in [0.15, 0.2) is 11.6 Å². The van der Waals surface area contributed by atoms with Gasteiger partial charge in [-0.2, -0.15) is 0 Å². The van der Waals surface area contributed by atoms with Gasteiger partial charge in [-0.25, -0.2) is 0 Å². The summed E-state index contributed by atoms with van der Waals surface area (Å²) < 4.78 is 5.48. The maximum atomic E-state index is 12.4. The molecule has 0 heterocycles. The molecule has 1 aliphatic carbocycles. The lowest BCUT2D eigenvalue weighted by molar-refractivity contribution is -0.176. The molecule has 1 aromatic rings. The average Bonchev–Trinajstić information content (AvgIpc) is 2.60. The molecule has 0 saturated carbocycles. The number of phenolic OH excluding ortho intramolecular Hbond substituents is 2. The molecule has 4 N–H and O–H groups in total. The summed E-state index contributed by atoms with van der Waals surface area (Å²) in [6.07, 6.45) is 8.88. The lowest BCUT2D eigenvalue weighted by Gasteiger charge is -2.28. The van der Waals surface area contributed by atoms with Crippen molar-refractivity contribution in [2.75, 3.05) is 6.61 Å². The first kappa shape index (κ1) is 21.0.